The summed E-state index contributed by atoms with van der Waals surface area (Å²) in [5.41, 5.74) is 8.45. The van der Waals surface area contributed by atoms with Gasteiger partial charge in [0.15, 0.2) is 0 Å². The third-order valence-electron chi connectivity index (χ3n) is 1.96. The fourth-order valence-electron chi connectivity index (χ4n) is 1.19. The summed E-state index contributed by atoms with van der Waals surface area (Å²) in [5, 5.41) is 11.8. The molecule has 5 nitrogen and oxygen atoms in total. The zero-order chi connectivity index (χ0) is 11.4. The highest BCUT2D eigenvalue weighted by Crippen LogP contribution is 2.17. The second-order valence-electron chi connectivity index (χ2n) is 3.09. The van der Waals surface area contributed by atoms with Crippen molar-refractivity contribution in [3.63, 3.8) is 0 Å². The number of rotatable bonds is 3. The SMILES string of the molecule is N#Cc1cnc(NCc2cncs2)c(N)c1. The molecule has 0 aliphatic rings. The van der Waals surface area contributed by atoms with E-state index in [1.807, 2.05) is 6.07 Å². The van der Waals surface area contributed by atoms with Crippen LogP contribution in [0.1, 0.15) is 10.4 Å². The van der Waals surface area contributed by atoms with Crippen molar-refractivity contribution in [3.8, 4) is 6.07 Å². The summed E-state index contributed by atoms with van der Waals surface area (Å²) < 4.78 is 0. The molecule has 0 aliphatic carbocycles. The van der Waals surface area contributed by atoms with Gasteiger partial charge in [-0.1, -0.05) is 0 Å². The molecule has 2 heterocycles. The fourth-order valence-corrected chi connectivity index (χ4v) is 1.73. The number of nitriles is 1. The van der Waals surface area contributed by atoms with Gasteiger partial charge in [0.05, 0.1) is 23.3 Å². The summed E-state index contributed by atoms with van der Waals surface area (Å²) in [6, 6.07) is 3.59. The number of nitrogen functional groups attached to an aromatic ring is 1. The van der Waals surface area contributed by atoms with Gasteiger partial charge in [0, 0.05) is 17.3 Å². The van der Waals surface area contributed by atoms with Gasteiger partial charge in [0.2, 0.25) is 0 Å². The first-order valence-corrected chi connectivity index (χ1v) is 5.44. The first-order valence-electron chi connectivity index (χ1n) is 4.56. The monoisotopic (exact) mass is 231 g/mol. The number of hydrogen-bond acceptors (Lipinski definition) is 6. The molecule has 16 heavy (non-hydrogen) atoms. The van der Waals surface area contributed by atoms with Crippen molar-refractivity contribution in [1.29, 1.82) is 5.26 Å². The fraction of sp³-hybridized carbons (Fsp3) is 0.100. The Bertz CT molecular complexity index is 515. The average Bonchev–Trinajstić information content (AvgIpc) is 2.80. The Morgan fingerprint density at radius 1 is 1.50 bits per heavy atom. The van der Waals surface area contributed by atoms with Gasteiger partial charge in [-0.15, -0.1) is 11.3 Å². The van der Waals surface area contributed by atoms with Crippen LogP contribution in [0.5, 0.6) is 0 Å². The molecule has 2 aromatic rings. The topological polar surface area (TPSA) is 87.6 Å². The number of aromatic nitrogens is 2. The number of anilines is 2. The molecular weight excluding hydrogens is 222 g/mol. The van der Waals surface area contributed by atoms with Crippen LogP contribution in [-0.2, 0) is 6.54 Å². The van der Waals surface area contributed by atoms with Crippen molar-refractivity contribution >= 4 is 22.8 Å². The minimum absolute atomic E-state index is 0.459. The van der Waals surface area contributed by atoms with Gasteiger partial charge in [0.1, 0.15) is 11.9 Å². The average molecular weight is 231 g/mol. The third kappa shape index (κ3) is 2.27. The van der Waals surface area contributed by atoms with Crippen molar-refractivity contribution in [3.05, 3.63) is 34.4 Å². The lowest BCUT2D eigenvalue weighted by atomic mass is 10.3. The molecule has 3 N–H and O–H groups in total. The van der Waals surface area contributed by atoms with E-state index in [9.17, 15) is 0 Å². The predicted octanol–water partition coefficient (Wildman–Crippen LogP) is 1.60. The Balaban J connectivity index is 2.08. The van der Waals surface area contributed by atoms with Crippen molar-refractivity contribution < 1.29 is 0 Å². The summed E-state index contributed by atoms with van der Waals surface area (Å²) in [7, 11) is 0. The van der Waals surface area contributed by atoms with Gasteiger partial charge >= 0.3 is 0 Å². The van der Waals surface area contributed by atoms with Crippen LogP contribution in [0.2, 0.25) is 0 Å². The van der Waals surface area contributed by atoms with Crippen LogP contribution in [0.4, 0.5) is 11.5 Å². The van der Waals surface area contributed by atoms with E-state index in [4.69, 9.17) is 11.0 Å². The molecule has 0 aliphatic heterocycles. The molecule has 2 rings (SSSR count). The Morgan fingerprint density at radius 2 is 2.38 bits per heavy atom. The van der Waals surface area contributed by atoms with Crippen molar-refractivity contribution in [2.75, 3.05) is 11.1 Å². The first-order chi connectivity index (χ1) is 7.79. The zero-order valence-electron chi connectivity index (χ0n) is 8.34. The summed E-state index contributed by atoms with van der Waals surface area (Å²) >= 11 is 1.56. The van der Waals surface area contributed by atoms with E-state index >= 15 is 0 Å². The molecule has 0 fully saturated rings. The van der Waals surface area contributed by atoms with Crippen LogP contribution >= 0.6 is 11.3 Å². The molecule has 0 unspecified atom stereocenters. The molecule has 0 saturated heterocycles. The highest BCUT2D eigenvalue weighted by atomic mass is 32.1. The number of pyridine rings is 1. The van der Waals surface area contributed by atoms with Crippen molar-refractivity contribution in [2.24, 2.45) is 0 Å². The van der Waals surface area contributed by atoms with Gasteiger partial charge < -0.3 is 11.1 Å². The van der Waals surface area contributed by atoms with Crippen LogP contribution in [0.15, 0.2) is 24.0 Å². The maximum absolute atomic E-state index is 8.66. The Hall–Kier alpha value is -2.13. The van der Waals surface area contributed by atoms with Crippen molar-refractivity contribution in [2.45, 2.75) is 6.54 Å². The standard InChI is InChI=1S/C10H9N5S/c11-2-7-1-9(12)10(14-3-7)15-5-8-4-13-6-16-8/h1,3-4,6H,5,12H2,(H,14,15). The summed E-state index contributed by atoms with van der Waals surface area (Å²) in [5.74, 6) is 0.590. The Morgan fingerprint density at radius 3 is 3.00 bits per heavy atom. The highest BCUT2D eigenvalue weighted by Gasteiger charge is 2.02. The maximum atomic E-state index is 8.66. The van der Waals surface area contributed by atoms with E-state index in [2.05, 4.69) is 15.3 Å². The Kier molecular flexibility index (Phi) is 2.98. The number of nitrogens with two attached hydrogens (primary N) is 1. The van der Waals surface area contributed by atoms with Gasteiger partial charge in [-0.05, 0) is 6.07 Å². The van der Waals surface area contributed by atoms with Gasteiger partial charge in [-0.3, -0.25) is 4.98 Å². The molecule has 6 heteroatoms. The summed E-state index contributed by atoms with van der Waals surface area (Å²) in [4.78, 5) is 9.14. The van der Waals surface area contributed by atoms with Crippen LogP contribution in [0, 0.1) is 11.3 Å². The van der Waals surface area contributed by atoms with E-state index in [-0.39, 0.29) is 0 Å². The number of thiazole rings is 1. The molecule has 0 bridgehead atoms. The number of hydrogen-bond donors (Lipinski definition) is 2. The quantitative estimate of drug-likeness (QED) is 0.837. The molecule has 0 atom stereocenters. The minimum atomic E-state index is 0.459. The lowest BCUT2D eigenvalue weighted by Crippen LogP contribution is -2.03. The van der Waals surface area contributed by atoms with E-state index in [0.717, 1.165) is 4.88 Å². The van der Waals surface area contributed by atoms with Crippen LogP contribution in [-0.4, -0.2) is 9.97 Å². The lowest BCUT2D eigenvalue weighted by molar-refractivity contribution is 1.13. The second-order valence-corrected chi connectivity index (χ2v) is 4.07. The lowest BCUT2D eigenvalue weighted by Gasteiger charge is -2.06. The zero-order valence-corrected chi connectivity index (χ0v) is 9.16. The normalized spacial score (nSPS) is 9.69. The molecule has 0 saturated carbocycles. The Labute approximate surface area is 96.6 Å². The third-order valence-corrected chi connectivity index (χ3v) is 2.74. The molecular formula is C10H9N5S. The molecule has 0 amide bonds. The van der Waals surface area contributed by atoms with Gasteiger partial charge in [0.25, 0.3) is 0 Å². The summed E-state index contributed by atoms with van der Waals surface area (Å²) in [6.07, 6.45) is 3.28. The first kappa shape index (κ1) is 10.4. The number of nitrogens with zero attached hydrogens (tertiary/aromatic N) is 3. The molecule has 0 aromatic carbocycles. The highest BCUT2D eigenvalue weighted by molar-refractivity contribution is 7.09. The van der Waals surface area contributed by atoms with E-state index in [1.165, 1.54) is 6.20 Å². The van der Waals surface area contributed by atoms with Crippen LogP contribution < -0.4 is 11.1 Å². The van der Waals surface area contributed by atoms with Gasteiger partial charge in [-0.2, -0.15) is 5.26 Å². The largest absolute Gasteiger partial charge is 0.396 e. The van der Waals surface area contributed by atoms with E-state index < -0.39 is 0 Å². The molecule has 80 valence electrons. The predicted molar refractivity (Wildman–Crippen MR) is 62.8 cm³/mol. The molecule has 0 radical (unpaired) electrons. The van der Waals surface area contributed by atoms with Crippen LogP contribution in [0.25, 0.3) is 0 Å². The van der Waals surface area contributed by atoms with E-state index in [0.29, 0.717) is 23.6 Å². The summed E-state index contributed by atoms with van der Waals surface area (Å²) in [6.45, 7) is 0.633. The smallest absolute Gasteiger partial charge is 0.149 e. The molecule has 2 aromatic heterocycles. The molecule has 0 spiro atoms. The minimum Gasteiger partial charge on any atom is -0.396 e. The number of nitrogens with one attached hydrogen (secondary N) is 1. The van der Waals surface area contributed by atoms with Crippen LogP contribution in [0.3, 0.4) is 0 Å². The second kappa shape index (κ2) is 4.59. The van der Waals surface area contributed by atoms with E-state index in [1.54, 1.807) is 29.1 Å². The maximum Gasteiger partial charge on any atom is 0.149 e. The van der Waals surface area contributed by atoms with Gasteiger partial charge in [-0.25, -0.2) is 4.98 Å². The van der Waals surface area contributed by atoms with Crippen molar-refractivity contribution in [1.82, 2.24) is 9.97 Å².